The lowest BCUT2D eigenvalue weighted by Crippen LogP contribution is -2.54. The van der Waals surface area contributed by atoms with E-state index in [-0.39, 0.29) is 22.4 Å². The van der Waals surface area contributed by atoms with Gasteiger partial charge in [-0.1, -0.05) is 12.1 Å². The van der Waals surface area contributed by atoms with Crippen LogP contribution in [0.2, 0.25) is 0 Å². The van der Waals surface area contributed by atoms with Crippen LogP contribution >= 0.6 is 12.2 Å². The number of nitrogens with zero attached hydrogens (tertiary/aromatic N) is 1. The van der Waals surface area contributed by atoms with Crippen molar-refractivity contribution in [3.05, 3.63) is 59.2 Å². The molecule has 8 nitrogen and oxygen atoms in total. The van der Waals surface area contributed by atoms with Crippen molar-refractivity contribution < 1.29 is 29.0 Å². The molecule has 1 aliphatic heterocycles. The van der Waals surface area contributed by atoms with Crippen LogP contribution in [0.25, 0.3) is 6.08 Å². The van der Waals surface area contributed by atoms with Crippen LogP contribution in [0.5, 0.6) is 11.5 Å². The number of carbonyl (C=O) groups is 3. The van der Waals surface area contributed by atoms with Crippen LogP contribution in [0.3, 0.4) is 0 Å². The minimum atomic E-state index is -1.09. The summed E-state index contributed by atoms with van der Waals surface area (Å²) in [6, 6.07) is 10.7. The number of aromatic carboxylic acids is 1. The third kappa shape index (κ3) is 4.56. The fraction of sp³-hybridized carbons (Fsp3) is 0.182. The number of methoxy groups -OCH3 is 1. The van der Waals surface area contributed by atoms with Gasteiger partial charge < -0.3 is 14.6 Å². The molecule has 0 radical (unpaired) electrons. The second-order valence-electron chi connectivity index (χ2n) is 6.86. The van der Waals surface area contributed by atoms with E-state index in [0.29, 0.717) is 22.7 Å². The van der Waals surface area contributed by atoms with Gasteiger partial charge in [0.15, 0.2) is 16.6 Å². The molecule has 1 aliphatic rings. The first-order valence-corrected chi connectivity index (χ1v) is 9.72. The molecule has 1 saturated heterocycles. The van der Waals surface area contributed by atoms with E-state index in [1.165, 1.54) is 37.5 Å². The number of benzene rings is 2. The molecule has 0 atom stereocenters. The molecule has 2 aromatic rings. The zero-order valence-electron chi connectivity index (χ0n) is 17.0. The fourth-order valence-electron chi connectivity index (χ4n) is 2.97. The molecule has 0 saturated carbocycles. The largest absolute Gasteiger partial charge is 0.493 e. The summed E-state index contributed by atoms with van der Waals surface area (Å²) in [7, 11) is 1.50. The maximum atomic E-state index is 13.2. The van der Waals surface area contributed by atoms with Crippen molar-refractivity contribution in [3.63, 3.8) is 0 Å². The van der Waals surface area contributed by atoms with Gasteiger partial charge >= 0.3 is 5.97 Å². The molecule has 0 aliphatic carbocycles. The van der Waals surface area contributed by atoms with Gasteiger partial charge in [0.2, 0.25) is 0 Å². The maximum absolute atomic E-state index is 13.2. The Kier molecular flexibility index (Phi) is 6.36. The van der Waals surface area contributed by atoms with E-state index in [2.05, 4.69) is 5.32 Å². The molecule has 1 fully saturated rings. The maximum Gasteiger partial charge on any atom is 0.335 e. The van der Waals surface area contributed by atoms with Crippen molar-refractivity contribution in [1.29, 1.82) is 0 Å². The number of nitrogens with one attached hydrogen (secondary N) is 1. The second kappa shape index (κ2) is 8.97. The Hall–Kier alpha value is -3.72. The predicted octanol–water partition coefficient (Wildman–Crippen LogP) is 3.01. The first-order valence-electron chi connectivity index (χ1n) is 9.31. The summed E-state index contributed by atoms with van der Waals surface area (Å²) in [4.78, 5) is 38.0. The minimum absolute atomic E-state index is 0.0609. The van der Waals surface area contributed by atoms with Gasteiger partial charge in [-0.2, -0.15) is 0 Å². The lowest BCUT2D eigenvalue weighted by Gasteiger charge is -2.29. The quantitative estimate of drug-likeness (QED) is 0.404. The highest BCUT2D eigenvalue weighted by molar-refractivity contribution is 7.80. The van der Waals surface area contributed by atoms with E-state index in [9.17, 15) is 14.4 Å². The third-order valence-electron chi connectivity index (χ3n) is 4.36. The van der Waals surface area contributed by atoms with E-state index in [0.717, 1.165) is 4.90 Å². The fourth-order valence-corrected chi connectivity index (χ4v) is 3.25. The van der Waals surface area contributed by atoms with E-state index in [1.54, 1.807) is 18.2 Å². The topological polar surface area (TPSA) is 105 Å². The number of amides is 2. The normalized spacial score (nSPS) is 15.3. The van der Waals surface area contributed by atoms with Gasteiger partial charge in [0.1, 0.15) is 5.57 Å². The number of rotatable bonds is 6. The summed E-state index contributed by atoms with van der Waals surface area (Å²) in [5.74, 6) is -1.52. The Morgan fingerprint density at radius 3 is 2.42 bits per heavy atom. The minimum Gasteiger partial charge on any atom is -0.493 e. The van der Waals surface area contributed by atoms with Gasteiger partial charge in [0.25, 0.3) is 11.8 Å². The van der Waals surface area contributed by atoms with E-state index < -0.39 is 17.8 Å². The molecule has 9 heteroatoms. The lowest BCUT2D eigenvalue weighted by molar-refractivity contribution is -0.122. The Balaban J connectivity index is 2.04. The van der Waals surface area contributed by atoms with Crippen LogP contribution in [0, 0.1) is 0 Å². The summed E-state index contributed by atoms with van der Waals surface area (Å²) in [5.41, 5.74) is 0.722. The number of ether oxygens (including phenoxy) is 2. The summed E-state index contributed by atoms with van der Waals surface area (Å²) < 4.78 is 11.2. The Bertz CT molecular complexity index is 1090. The number of thiocarbonyl (C=S) groups is 1. The molecule has 0 bridgehead atoms. The molecule has 0 spiro atoms. The first-order chi connectivity index (χ1) is 14.7. The van der Waals surface area contributed by atoms with Crippen LogP contribution in [-0.4, -0.2) is 41.2 Å². The number of carboxylic acid groups (broad SMARTS) is 1. The van der Waals surface area contributed by atoms with Crippen LogP contribution < -0.4 is 19.7 Å². The molecular formula is C22H20N2O6S. The average Bonchev–Trinajstić information content (AvgIpc) is 2.71. The number of carbonyl (C=O) groups excluding carboxylic acids is 2. The third-order valence-corrected chi connectivity index (χ3v) is 4.64. The number of hydrogen-bond donors (Lipinski definition) is 2. The Labute approximate surface area is 184 Å². The van der Waals surface area contributed by atoms with Crippen molar-refractivity contribution >= 4 is 46.9 Å². The zero-order chi connectivity index (χ0) is 22.7. The second-order valence-corrected chi connectivity index (χ2v) is 7.24. The van der Waals surface area contributed by atoms with Crippen molar-refractivity contribution in [2.75, 3.05) is 12.0 Å². The molecule has 2 aromatic carbocycles. The van der Waals surface area contributed by atoms with E-state index in [4.69, 9.17) is 26.8 Å². The Morgan fingerprint density at radius 1 is 1.16 bits per heavy atom. The van der Waals surface area contributed by atoms with Gasteiger partial charge in [0.05, 0.1) is 24.5 Å². The smallest absolute Gasteiger partial charge is 0.335 e. The lowest BCUT2D eigenvalue weighted by atomic mass is 10.1. The summed E-state index contributed by atoms with van der Waals surface area (Å²) in [6.45, 7) is 3.70. The van der Waals surface area contributed by atoms with Crippen LogP contribution in [-0.2, 0) is 9.59 Å². The van der Waals surface area contributed by atoms with Crippen molar-refractivity contribution in [2.45, 2.75) is 20.0 Å². The molecular weight excluding hydrogens is 420 g/mol. The van der Waals surface area contributed by atoms with Crippen molar-refractivity contribution in [1.82, 2.24) is 5.32 Å². The van der Waals surface area contributed by atoms with Gasteiger partial charge in [-0.25, -0.2) is 4.79 Å². The highest BCUT2D eigenvalue weighted by atomic mass is 32.1. The molecule has 1 heterocycles. The monoisotopic (exact) mass is 440 g/mol. The molecule has 0 unspecified atom stereocenters. The highest BCUT2D eigenvalue weighted by Crippen LogP contribution is 2.34. The number of anilines is 1. The van der Waals surface area contributed by atoms with Crippen molar-refractivity contribution in [3.8, 4) is 11.5 Å². The van der Waals surface area contributed by atoms with Gasteiger partial charge in [-0.3, -0.25) is 19.8 Å². The SMILES string of the molecule is COc1cccc(/C=C2\C(=O)NC(=S)N(c3ccc(C(=O)O)cc3)C2=O)c1OC(C)C. The zero-order valence-corrected chi connectivity index (χ0v) is 17.9. The van der Waals surface area contributed by atoms with Gasteiger partial charge in [-0.15, -0.1) is 0 Å². The molecule has 2 amide bonds. The highest BCUT2D eigenvalue weighted by Gasteiger charge is 2.35. The predicted molar refractivity (Wildman–Crippen MR) is 118 cm³/mol. The average molecular weight is 440 g/mol. The standard InChI is InChI=1S/C22H20N2O6S/c1-12(2)30-18-14(5-4-6-17(18)29-3)11-16-19(25)23-22(31)24(20(16)26)15-9-7-13(8-10-15)21(27)28/h4-12H,1-3H3,(H,27,28)(H,23,25,31)/b16-11+. The number of hydrogen-bond acceptors (Lipinski definition) is 6. The van der Waals surface area contributed by atoms with Crippen molar-refractivity contribution in [2.24, 2.45) is 0 Å². The van der Waals surface area contributed by atoms with E-state index in [1.807, 2.05) is 13.8 Å². The number of para-hydroxylation sites is 1. The van der Waals surface area contributed by atoms with Crippen LogP contribution in [0.1, 0.15) is 29.8 Å². The summed E-state index contributed by atoms with van der Waals surface area (Å²) in [5, 5.41) is 11.5. The van der Waals surface area contributed by atoms with Gasteiger partial charge in [0, 0.05) is 5.56 Å². The van der Waals surface area contributed by atoms with Gasteiger partial charge in [-0.05, 0) is 62.5 Å². The van der Waals surface area contributed by atoms with Crippen LogP contribution in [0.4, 0.5) is 5.69 Å². The first kappa shape index (κ1) is 22.0. The molecule has 3 rings (SSSR count). The van der Waals surface area contributed by atoms with Crippen LogP contribution in [0.15, 0.2) is 48.0 Å². The van der Waals surface area contributed by atoms with E-state index >= 15 is 0 Å². The summed E-state index contributed by atoms with van der Waals surface area (Å²) in [6.07, 6.45) is 1.25. The molecule has 0 aromatic heterocycles. The molecule has 160 valence electrons. The Morgan fingerprint density at radius 2 is 1.84 bits per heavy atom. The molecule has 2 N–H and O–H groups in total. The number of carboxylic acids is 1. The molecule has 31 heavy (non-hydrogen) atoms. The summed E-state index contributed by atoms with van der Waals surface area (Å²) >= 11 is 5.17.